The largest absolute Gasteiger partial charge is 0.325 e. The Bertz CT molecular complexity index is 693. The van der Waals surface area contributed by atoms with Gasteiger partial charge in [0.25, 0.3) is 11.8 Å². The predicted octanol–water partition coefficient (Wildman–Crippen LogP) is 1.77. The van der Waals surface area contributed by atoms with Crippen LogP contribution in [0.3, 0.4) is 0 Å². The van der Waals surface area contributed by atoms with Crippen LogP contribution < -0.4 is 5.32 Å². The molecule has 1 aliphatic rings. The molecule has 0 bridgehead atoms. The van der Waals surface area contributed by atoms with Crippen molar-refractivity contribution < 1.29 is 19.2 Å². The lowest BCUT2D eigenvalue weighted by Crippen LogP contribution is -2.43. The Morgan fingerprint density at radius 1 is 1.24 bits per heavy atom. The highest BCUT2D eigenvalue weighted by Crippen LogP contribution is 2.31. The summed E-state index contributed by atoms with van der Waals surface area (Å²) in [5, 5.41) is 3.67. The molecule has 1 fully saturated rings. The maximum absolute atomic E-state index is 12.8. The van der Waals surface area contributed by atoms with E-state index in [9.17, 15) is 14.4 Å². The number of imide groups is 1. The highest BCUT2D eigenvalue weighted by atomic mass is 16.7. The predicted molar refractivity (Wildman–Crippen MR) is 92.5 cm³/mol. The average Bonchev–Trinajstić information content (AvgIpc) is 2.77. The average molecular weight is 347 g/mol. The smallest absolute Gasteiger partial charge is 0.319 e. The number of hydrogen-bond acceptors (Lipinski definition) is 4. The van der Waals surface area contributed by atoms with Gasteiger partial charge in [0.1, 0.15) is 12.1 Å². The van der Waals surface area contributed by atoms with Crippen LogP contribution in [-0.2, 0) is 25.4 Å². The van der Waals surface area contributed by atoms with Gasteiger partial charge in [-0.15, -0.1) is 0 Å². The van der Waals surface area contributed by atoms with Crippen molar-refractivity contribution in [2.75, 3.05) is 20.7 Å². The van der Waals surface area contributed by atoms with Crippen LogP contribution >= 0.6 is 0 Å². The summed E-state index contributed by atoms with van der Waals surface area (Å²) >= 11 is 0. The van der Waals surface area contributed by atoms with Crippen LogP contribution in [-0.4, -0.2) is 48.5 Å². The molecule has 1 aliphatic heterocycles. The van der Waals surface area contributed by atoms with Crippen molar-refractivity contribution in [3.63, 3.8) is 0 Å². The molecule has 1 aromatic rings. The van der Waals surface area contributed by atoms with Gasteiger partial charge < -0.3 is 5.32 Å². The number of likely N-dealkylation sites (N-methyl/N-ethyl adjacent to an activating group) is 1. The van der Waals surface area contributed by atoms with E-state index < -0.39 is 23.4 Å². The number of nitrogens with zero attached hydrogens (tertiary/aromatic N) is 2. The van der Waals surface area contributed by atoms with Crippen LogP contribution in [0.1, 0.15) is 38.8 Å². The molecule has 7 heteroatoms. The van der Waals surface area contributed by atoms with E-state index in [1.54, 1.807) is 6.92 Å². The molecule has 0 aliphatic carbocycles. The van der Waals surface area contributed by atoms with Crippen molar-refractivity contribution in [2.45, 2.75) is 38.6 Å². The topological polar surface area (TPSA) is 79.0 Å². The second-order valence-corrected chi connectivity index (χ2v) is 7.35. The van der Waals surface area contributed by atoms with Crippen molar-refractivity contribution in [1.82, 2.24) is 15.3 Å². The molecule has 7 nitrogen and oxygen atoms in total. The number of carbonyl (C=O) groups is 3. The van der Waals surface area contributed by atoms with Crippen LogP contribution in [0, 0.1) is 0 Å². The molecule has 1 atom stereocenters. The van der Waals surface area contributed by atoms with E-state index in [1.807, 2.05) is 24.3 Å². The number of amides is 4. The van der Waals surface area contributed by atoms with Gasteiger partial charge in [-0.3, -0.25) is 19.3 Å². The fourth-order valence-corrected chi connectivity index (χ4v) is 2.68. The molecule has 1 heterocycles. The van der Waals surface area contributed by atoms with E-state index in [1.165, 1.54) is 14.2 Å². The zero-order valence-electron chi connectivity index (χ0n) is 15.5. The third-order valence-electron chi connectivity index (χ3n) is 4.52. The third kappa shape index (κ3) is 3.51. The Morgan fingerprint density at radius 3 is 2.28 bits per heavy atom. The maximum Gasteiger partial charge on any atom is 0.325 e. The molecule has 1 N–H and O–H groups in total. The summed E-state index contributed by atoms with van der Waals surface area (Å²) in [6, 6.07) is 6.99. The number of benzene rings is 1. The van der Waals surface area contributed by atoms with Crippen molar-refractivity contribution in [2.24, 2.45) is 0 Å². The lowest BCUT2D eigenvalue weighted by Gasteiger charge is -2.25. The van der Waals surface area contributed by atoms with E-state index in [2.05, 4.69) is 26.1 Å². The summed E-state index contributed by atoms with van der Waals surface area (Å²) < 4.78 is 0. The molecule has 136 valence electrons. The first-order valence-electron chi connectivity index (χ1n) is 8.06. The molecule has 0 spiro atoms. The van der Waals surface area contributed by atoms with Gasteiger partial charge in [0.15, 0.2) is 0 Å². The fraction of sp³-hybridized carbons (Fsp3) is 0.500. The third-order valence-corrected chi connectivity index (χ3v) is 4.52. The number of rotatable bonds is 4. The van der Waals surface area contributed by atoms with Crippen LogP contribution in [0.4, 0.5) is 4.79 Å². The van der Waals surface area contributed by atoms with Crippen molar-refractivity contribution in [1.29, 1.82) is 0 Å². The lowest BCUT2D eigenvalue weighted by atomic mass is 9.84. The summed E-state index contributed by atoms with van der Waals surface area (Å²) in [6.45, 7) is 7.58. The minimum atomic E-state index is -1.20. The zero-order valence-corrected chi connectivity index (χ0v) is 15.5. The van der Waals surface area contributed by atoms with Crippen LogP contribution in [0.25, 0.3) is 0 Å². The van der Waals surface area contributed by atoms with Gasteiger partial charge in [0.2, 0.25) is 0 Å². The number of urea groups is 1. The molecule has 0 saturated carbocycles. The van der Waals surface area contributed by atoms with Gasteiger partial charge in [-0.05, 0) is 23.5 Å². The Kier molecular flexibility index (Phi) is 4.90. The molecule has 1 aromatic carbocycles. The van der Waals surface area contributed by atoms with Crippen molar-refractivity contribution in [3.05, 3.63) is 35.4 Å². The fourth-order valence-electron chi connectivity index (χ4n) is 2.68. The summed E-state index contributed by atoms with van der Waals surface area (Å²) in [4.78, 5) is 42.7. The molecule has 1 saturated heterocycles. The van der Waals surface area contributed by atoms with Gasteiger partial charge in [-0.1, -0.05) is 45.0 Å². The first-order chi connectivity index (χ1) is 11.5. The SMILES string of the molecule is CON(C)C(=O)CN1C(=O)NC(C)(c2ccc(C(C)(C)C)cc2)C1=O. The highest BCUT2D eigenvalue weighted by molar-refractivity contribution is 6.09. The quantitative estimate of drug-likeness (QED) is 0.665. The van der Waals surface area contributed by atoms with Crippen molar-refractivity contribution >= 4 is 17.8 Å². The normalized spacial score (nSPS) is 20.6. The zero-order chi connectivity index (χ0) is 19.0. The van der Waals surface area contributed by atoms with Gasteiger partial charge in [-0.2, -0.15) is 0 Å². The van der Waals surface area contributed by atoms with Gasteiger partial charge >= 0.3 is 6.03 Å². The lowest BCUT2D eigenvalue weighted by molar-refractivity contribution is -0.170. The standard InChI is InChI=1S/C18H25N3O4/c1-17(2,3)12-7-9-13(10-8-12)18(4)15(23)21(16(24)19-18)11-14(22)20(5)25-6/h7-10H,11H2,1-6H3,(H,19,24). The van der Waals surface area contributed by atoms with E-state index in [0.29, 0.717) is 5.56 Å². The van der Waals surface area contributed by atoms with E-state index in [0.717, 1.165) is 15.5 Å². The van der Waals surface area contributed by atoms with Crippen LogP contribution in [0.5, 0.6) is 0 Å². The van der Waals surface area contributed by atoms with E-state index >= 15 is 0 Å². The Labute approximate surface area is 147 Å². The number of hydroxylamine groups is 2. The number of hydrogen-bond donors (Lipinski definition) is 1. The Morgan fingerprint density at radius 2 is 1.80 bits per heavy atom. The molecule has 0 aromatic heterocycles. The monoisotopic (exact) mass is 347 g/mol. The number of nitrogens with one attached hydrogen (secondary N) is 1. The molecular formula is C18H25N3O4. The van der Waals surface area contributed by atoms with Crippen LogP contribution in [0.15, 0.2) is 24.3 Å². The first-order valence-corrected chi connectivity index (χ1v) is 8.06. The molecule has 1 unspecified atom stereocenters. The summed E-state index contributed by atoms with van der Waals surface area (Å²) in [6.07, 6.45) is 0. The van der Waals surface area contributed by atoms with Crippen molar-refractivity contribution in [3.8, 4) is 0 Å². The first kappa shape index (κ1) is 18.9. The van der Waals surface area contributed by atoms with Gasteiger partial charge in [0.05, 0.1) is 7.11 Å². The number of carbonyl (C=O) groups excluding carboxylic acids is 3. The Hall–Kier alpha value is -2.41. The van der Waals surface area contributed by atoms with E-state index in [-0.39, 0.29) is 12.0 Å². The Balaban J connectivity index is 2.26. The van der Waals surface area contributed by atoms with Gasteiger partial charge in [0, 0.05) is 7.05 Å². The second-order valence-electron chi connectivity index (χ2n) is 7.35. The second kappa shape index (κ2) is 6.48. The molecule has 2 rings (SSSR count). The summed E-state index contributed by atoms with van der Waals surface area (Å²) in [5.41, 5.74) is 0.601. The minimum absolute atomic E-state index is 0.00837. The van der Waals surface area contributed by atoms with E-state index in [4.69, 9.17) is 4.84 Å². The summed E-state index contributed by atoms with van der Waals surface area (Å²) in [5.74, 6) is -0.947. The van der Waals surface area contributed by atoms with Gasteiger partial charge in [-0.25, -0.2) is 9.86 Å². The molecular weight excluding hydrogens is 322 g/mol. The molecule has 4 amide bonds. The summed E-state index contributed by atoms with van der Waals surface area (Å²) in [7, 11) is 2.76. The minimum Gasteiger partial charge on any atom is -0.319 e. The molecule has 0 radical (unpaired) electrons. The van der Waals surface area contributed by atoms with Crippen LogP contribution in [0.2, 0.25) is 0 Å². The maximum atomic E-state index is 12.8. The highest BCUT2D eigenvalue weighted by Gasteiger charge is 2.49. The molecule has 25 heavy (non-hydrogen) atoms.